The van der Waals surface area contributed by atoms with Crippen LogP contribution in [0.15, 0.2) is 79.1 Å². The first-order valence-corrected chi connectivity index (χ1v) is 7.65. The van der Waals surface area contributed by atoms with Crippen LogP contribution in [0.2, 0.25) is 0 Å². The smallest absolute Gasteiger partial charge is 0.113 e. The van der Waals surface area contributed by atoms with Crippen LogP contribution in [0.5, 0.6) is 0 Å². The second kappa shape index (κ2) is 6.01. The molecule has 0 aliphatic heterocycles. The first-order chi connectivity index (χ1) is 11.4. The Bertz CT molecular complexity index is 900. The first-order valence-electron chi connectivity index (χ1n) is 7.65. The van der Waals surface area contributed by atoms with E-state index in [4.69, 9.17) is 0 Å². The van der Waals surface area contributed by atoms with Crippen LogP contribution in [-0.2, 0) is 6.42 Å². The number of pyridine rings is 1. The zero-order chi connectivity index (χ0) is 15.5. The van der Waals surface area contributed by atoms with Gasteiger partial charge in [0.25, 0.3) is 0 Å². The second-order valence-corrected chi connectivity index (χ2v) is 5.51. The molecule has 0 spiro atoms. The van der Waals surface area contributed by atoms with E-state index in [2.05, 4.69) is 45.6 Å². The number of hydrogen-bond donors (Lipinski definition) is 0. The van der Waals surface area contributed by atoms with Crippen molar-refractivity contribution in [2.24, 2.45) is 0 Å². The summed E-state index contributed by atoms with van der Waals surface area (Å²) in [6, 6.07) is 22.7. The van der Waals surface area contributed by atoms with Gasteiger partial charge in [0, 0.05) is 12.4 Å². The van der Waals surface area contributed by atoms with Crippen molar-refractivity contribution in [3.05, 3.63) is 90.3 Å². The summed E-state index contributed by atoms with van der Waals surface area (Å²) in [5.41, 5.74) is 4.42. The van der Waals surface area contributed by atoms with Crippen molar-refractivity contribution < 1.29 is 0 Å². The molecule has 2 heterocycles. The van der Waals surface area contributed by atoms with E-state index in [0.717, 1.165) is 17.5 Å². The first kappa shape index (κ1) is 13.6. The number of hydrogen-bond acceptors (Lipinski definition) is 3. The number of nitrogens with zero attached hydrogens (tertiary/aromatic N) is 4. The van der Waals surface area contributed by atoms with Crippen LogP contribution in [0.25, 0.3) is 11.0 Å². The molecule has 0 N–H and O–H groups in total. The summed E-state index contributed by atoms with van der Waals surface area (Å²) < 4.78 is 2.01. The number of benzene rings is 2. The lowest BCUT2D eigenvalue weighted by atomic mass is 9.99. The zero-order valence-corrected chi connectivity index (χ0v) is 12.6. The van der Waals surface area contributed by atoms with Gasteiger partial charge in [-0.25, -0.2) is 4.68 Å². The quantitative estimate of drug-likeness (QED) is 0.577. The lowest BCUT2D eigenvalue weighted by molar-refractivity contribution is 0.518. The standard InChI is InChI=1S/C19H16N4/c1-2-6-15(7-3-1)14-19(16-10-12-20-13-11-16)23-18-9-5-4-8-17(18)21-22-23/h1-13,19H,14H2. The highest BCUT2D eigenvalue weighted by Gasteiger charge is 2.18. The van der Waals surface area contributed by atoms with Crippen LogP contribution >= 0.6 is 0 Å². The molecule has 0 saturated carbocycles. The Morgan fingerprint density at radius 1 is 0.826 bits per heavy atom. The summed E-state index contributed by atoms with van der Waals surface area (Å²) in [5, 5.41) is 8.72. The maximum absolute atomic E-state index is 4.41. The minimum Gasteiger partial charge on any atom is -0.265 e. The fourth-order valence-corrected chi connectivity index (χ4v) is 2.89. The van der Waals surface area contributed by atoms with Crippen molar-refractivity contribution in [3.63, 3.8) is 0 Å². The Balaban J connectivity index is 1.82. The van der Waals surface area contributed by atoms with Crippen LogP contribution in [0.3, 0.4) is 0 Å². The molecule has 0 radical (unpaired) electrons. The minimum absolute atomic E-state index is 0.0906. The van der Waals surface area contributed by atoms with Crippen molar-refractivity contribution >= 4 is 11.0 Å². The van der Waals surface area contributed by atoms with E-state index in [-0.39, 0.29) is 6.04 Å². The van der Waals surface area contributed by atoms with E-state index >= 15 is 0 Å². The molecule has 23 heavy (non-hydrogen) atoms. The molecule has 0 saturated heterocycles. The van der Waals surface area contributed by atoms with Gasteiger partial charge in [0.2, 0.25) is 0 Å². The fraction of sp³-hybridized carbons (Fsp3) is 0.105. The van der Waals surface area contributed by atoms with E-state index in [0.29, 0.717) is 0 Å². The topological polar surface area (TPSA) is 43.6 Å². The van der Waals surface area contributed by atoms with Crippen LogP contribution in [-0.4, -0.2) is 20.0 Å². The Labute approximate surface area is 134 Å². The van der Waals surface area contributed by atoms with Crippen molar-refractivity contribution in [2.75, 3.05) is 0 Å². The third kappa shape index (κ3) is 2.71. The molecule has 4 nitrogen and oxygen atoms in total. The molecule has 1 unspecified atom stereocenters. The monoisotopic (exact) mass is 300 g/mol. The number of para-hydroxylation sites is 1. The molecule has 0 bridgehead atoms. The Kier molecular flexibility index (Phi) is 3.56. The predicted octanol–water partition coefficient (Wildman–Crippen LogP) is 3.66. The molecule has 0 aliphatic carbocycles. The Morgan fingerprint density at radius 2 is 1.57 bits per heavy atom. The van der Waals surface area contributed by atoms with Crippen LogP contribution in [0, 0.1) is 0 Å². The number of aromatic nitrogens is 4. The molecule has 4 heteroatoms. The van der Waals surface area contributed by atoms with Gasteiger partial charge >= 0.3 is 0 Å². The van der Waals surface area contributed by atoms with Gasteiger partial charge in [-0.2, -0.15) is 0 Å². The maximum Gasteiger partial charge on any atom is 0.113 e. The highest BCUT2D eigenvalue weighted by Crippen LogP contribution is 2.25. The highest BCUT2D eigenvalue weighted by molar-refractivity contribution is 5.74. The van der Waals surface area contributed by atoms with Gasteiger partial charge in [-0.1, -0.05) is 47.7 Å². The van der Waals surface area contributed by atoms with Gasteiger partial charge in [0.15, 0.2) is 0 Å². The van der Waals surface area contributed by atoms with Crippen LogP contribution < -0.4 is 0 Å². The minimum atomic E-state index is 0.0906. The summed E-state index contributed by atoms with van der Waals surface area (Å²) in [5.74, 6) is 0. The van der Waals surface area contributed by atoms with Crippen molar-refractivity contribution in [1.82, 2.24) is 20.0 Å². The lowest BCUT2D eigenvalue weighted by Crippen LogP contribution is -2.15. The third-order valence-corrected chi connectivity index (χ3v) is 4.04. The van der Waals surface area contributed by atoms with E-state index < -0.39 is 0 Å². The molecule has 1 atom stereocenters. The summed E-state index contributed by atoms with van der Waals surface area (Å²) in [6.45, 7) is 0. The van der Waals surface area contributed by atoms with Gasteiger partial charge < -0.3 is 0 Å². The van der Waals surface area contributed by atoms with Crippen molar-refractivity contribution in [1.29, 1.82) is 0 Å². The summed E-state index contributed by atoms with van der Waals surface area (Å²) in [6.07, 6.45) is 4.51. The van der Waals surface area contributed by atoms with Gasteiger partial charge in [0.1, 0.15) is 5.52 Å². The van der Waals surface area contributed by atoms with Crippen molar-refractivity contribution in [2.45, 2.75) is 12.5 Å². The van der Waals surface area contributed by atoms with E-state index in [1.165, 1.54) is 11.1 Å². The number of rotatable bonds is 4. The zero-order valence-electron chi connectivity index (χ0n) is 12.6. The van der Waals surface area contributed by atoms with Crippen molar-refractivity contribution in [3.8, 4) is 0 Å². The third-order valence-electron chi connectivity index (χ3n) is 4.04. The molecular weight excluding hydrogens is 284 g/mol. The predicted molar refractivity (Wildman–Crippen MR) is 90.1 cm³/mol. The van der Waals surface area contributed by atoms with E-state index in [1.54, 1.807) is 0 Å². The summed E-state index contributed by atoms with van der Waals surface area (Å²) in [4.78, 5) is 4.13. The molecule has 0 amide bonds. The average molecular weight is 300 g/mol. The Morgan fingerprint density at radius 3 is 2.39 bits per heavy atom. The van der Waals surface area contributed by atoms with E-state index in [1.807, 2.05) is 53.5 Å². The number of fused-ring (bicyclic) bond motifs is 1. The molecule has 0 fully saturated rings. The molecule has 0 aliphatic rings. The molecule has 112 valence electrons. The molecule has 2 aromatic carbocycles. The van der Waals surface area contributed by atoms with Crippen LogP contribution in [0.1, 0.15) is 17.2 Å². The average Bonchev–Trinajstić information content (AvgIpc) is 3.05. The van der Waals surface area contributed by atoms with Gasteiger partial charge in [0.05, 0.1) is 11.6 Å². The van der Waals surface area contributed by atoms with Crippen LogP contribution in [0.4, 0.5) is 0 Å². The maximum atomic E-state index is 4.41. The molecule has 2 aromatic heterocycles. The lowest BCUT2D eigenvalue weighted by Gasteiger charge is -2.18. The second-order valence-electron chi connectivity index (χ2n) is 5.51. The largest absolute Gasteiger partial charge is 0.265 e. The fourth-order valence-electron chi connectivity index (χ4n) is 2.89. The Hall–Kier alpha value is -3.01. The molecule has 4 aromatic rings. The SMILES string of the molecule is c1ccc(CC(c2ccncc2)n2nnc3ccccc32)cc1. The molecular formula is C19H16N4. The van der Waals surface area contributed by atoms with Gasteiger partial charge in [-0.15, -0.1) is 5.10 Å². The normalized spacial score (nSPS) is 12.3. The van der Waals surface area contributed by atoms with Gasteiger partial charge in [-0.3, -0.25) is 4.98 Å². The van der Waals surface area contributed by atoms with Gasteiger partial charge in [-0.05, 0) is 41.8 Å². The summed E-state index contributed by atoms with van der Waals surface area (Å²) in [7, 11) is 0. The molecule has 4 rings (SSSR count). The summed E-state index contributed by atoms with van der Waals surface area (Å²) >= 11 is 0. The van der Waals surface area contributed by atoms with E-state index in [9.17, 15) is 0 Å². The highest BCUT2D eigenvalue weighted by atomic mass is 15.4.